The molecule has 0 unspecified atom stereocenters. The zero-order valence-electron chi connectivity index (χ0n) is 12.4. The molecule has 3 rings (SSSR count). The van der Waals surface area contributed by atoms with Crippen molar-refractivity contribution in [2.45, 2.75) is 20.8 Å². The average Bonchev–Trinajstić information content (AvgIpc) is 2.78. The summed E-state index contributed by atoms with van der Waals surface area (Å²) in [5.74, 6) is 0.157. The van der Waals surface area contributed by atoms with Crippen molar-refractivity contribution in [3.63, 3.8) is 0 Å². The predicted molar refractivity (Wildman–Crippen MR) is 84.8 cm³/mol. The summed E-state index contributed by atoms with van der Waals surface area (Å²) in [6.07, 6.45) is 0. The van der Waals surface area contributed by atoms with E-state index in [1.54, 1.807) is 0 Å². The van der Waals surface area contributed by atoms with Crippen LogP contribution in [0.3, 0.4) is 0 Å². The van der Waals surface area contributed by atoms with Gasteiger partial charge in [-0.2, -0.15) is 0 Å². The van der Waals surface area contributed by atoms with Crippen LogP contribution < -0.4 is 5.32 Å². The van der Waals surface area contributed by atoms with Gasteiger partial charge in [0.2, 0.25) is 0 Å². The second-order valence-electron chi connectivity index (χ2n) is 5.31. The molecule has 0 fully saturated rings. The highest BCUT2D eigenvalue weighted by atomic mass is 16.3. The standard InChI is InChI=1S/C18H17NO2/c1-11-9-15-13(3)17(21-16(15)10-12(11)2)18(20)19-14-7-5-4-6-8-14/h4-10H,1-3H3,(H,19,20). The molecule has 0 atom stereocenters. The molecule has 0 spiro atoms. The largest absolute Gasteiger partial charge is 0.451 e. The van der Waals surface area contributed by atoms with E-state index >= 15 is 0 Å². The van der Waals surface area contributed by atoms with E-state index in [0.29, 0.717) is 5.76 Å². The molecule has 3 heteroatoms. The minimum Gasteiger partial charge on any atom is -0.451 e. The summed E-state index contributed by atoms with van der Waals surface area (Å²) in [5.41, 5.74) is 4.75. The van der Waals surface area contributed by atoms with E-state index in [0.717, 1.165) is 27.8 Å². The zero-order valence-corrected chi connectivity index (χ0v) is 12.4. The van der Waals surface area contributed by atoms with Gasteiger partial charge in [-0.1, -0.05) is 18.2 Å². The molecule has 0 saturated heterocycles. The minimum absolute atomic E-state index is 0.217. The first-order valence-electron chi connectivity index (χ1n) is 6.93. The second-order valence-corrected chi connectivity index (χ2v) is 5.31. The van der Waals surface area contributed by atoms with Crippen molar-refractivity contribution in [2.75, 3.05) is 5.32 Å². The maximum absolute atomic E-state index is 12.4. The maximum atomic E-state index is 12.4. The van der Waals surface area contributed by atoms with Crippen molar-refractivity contribution in [1.82, 2.24) is 0 Å². The third kappa shape index (κ3) is 2.42. The van der Waals surface area contributed by atoms with Crippen LogP contribution in [0.4, 0.5) is 5.69 Å². The molecule has 0 saturated carbocycles. The Morgan fingerprint density at radius 3 is 2.38 bits per heavy atom. The van der Waals surface area contributed by atoms with E-state index in [2.05, 4.69) is 18.3 Å². The van der Waals surface area contributed by atoms with E-state index in [4.69, 9.17) is 4.42 Å². The van der Waals surface area contributed by atoms with E-state index in [1.807, 2.05) is 50.2 Å². The molecule has 1 N–H and O–H groups in total. The Hall–Kier alpha value is -2.55. The number of amides is 1. The van der Waals surface area contributed by atoms with Crippen molar-refractivity contribution in [3.05, 3.63) is 64.9 Å². The molecule has 2 aromatic carbocycles. The van der Waals surface area contributed by atoms with Gasteiger partial charge in [0.05, 0.1) is 0 Å². The van der Waals surface area contributed by atoms with Crippen molar-refractivity contribution in [3.8, 4) is 0 Å². The fourth-order valence-electron chi connectivity index (χ4n) is 2.40. The van der Waals surface area contributed by atoms with Crippen LogP contribution in [0.25, 0.3) is 11.0 Å². The number of anilines is 1. The van der Waals surface area contributed by atoms with Crippen molar-refractivity contribution < 1.29 is 9.21 Å². The summed E-state index contributed by atoms with van der Waals surface area (Å²) in [5, 5.41) is 3.85. The molecule has 0 radical (unpaired) electrons. The summed E-state index contributed by atoms with van der Waals surface area (Å²) in [4.78, 5) is 12.4. The fourth-order valence-corrected chi connectivity index (χ4v) is 2.40. The van der Waals surface area contributed by atoms with Gasteiger partial charge >= 0.3 is 0 Å². The van der Waals surface area contributed by atoms with Crippen molar-refractivity contribution >= 4 is 22.6 Å². The van der Waals surface area contributed by atoms with Gasteiger partial charge in [0.1, 0.15) is 5.58 Å². The van der Waals surface area contributed by atoms with Crippen LogP contribution in [0.15, 0.2) is 46.9 Å². The Bertz CT molecular complexity index is 816. The summed E-state index contributed by atoms with van der Waals surface area (Å²) < 4.78 is 5.76. The maximum Gasteiger partial charge on any atom is 0.291 e. The van der Waals surface area contributed by atoms with E-state index < -0.39 is 0 Å². The van der Waals surface area contributed by atoms with Crippen LogP contribution in [-0.4, -0.2) is 5.91 Å². The minimum atomic E-state index is -0.217. The summed E-state index contributed by atoms with van der Waals surface area (Å²) in [6.45, 7) is 6.02. The molecule has 21 heavy (non-hydrogen) atoms. The molecule has 0 bridgehead atoms. The number of aryl methyl sites for hydroxylation is 3. The fraction of sp³-hybridized carbons (Fsp3) is 0.167. The molecule has 1 amide bonds. The number of hydrogen-bond donors (Lipinski definition) is 1. The quantitative estimate of drug-likeness (QED) is 0.744. The van der Waals surface area contributed by atoms with Crippen LogP contribution in [0.1, 0.15) is 27.2 Å². The lowest BCUT2D eigenvalue weighted by molar-refractivity contribution is 0.0998. The molecule has 1 aromatic heterocycles. The Labute approximate surface area is 123 Å². The second kappa shape index (κ2) is 5.09. The molecular weight excluding hydrogens is 262 g/mol. The average molecular weight is 279 g/mol. The third-order valence-corrected chi connectivity index (χ3v) is 3.79. The molecule has 106 valence electrons. The predicted octanol–water partition coefficient (Wildman–Crippen LogP) is 4.61. The van der Waals surface area contributed by atoms with Gasteiger partial charge in [-0.15, -0.1) is 0 Å². The zero-order chi connectivity index (χ0) is 15.0. The molecule has 0 aliphatic heterocycles. The normalized spacial score (nSPS) is 10.8. The van der Waals surface area contributed by atoms with Gasteiger partial charge in [-0.25, -0.2) is 0 Å². The van der Waals surface area contributed by atoms with Crippen molar-refractivity contribution in [1.29, 1.82) is 0 Å². The van der Waals surface area contributed by atoms with Gasteiger partial charge in [0, 0.05) is 16.6 Å². The first-order chi connectivity index (χ1) is 10.1. The van der Waals surface area contributed by atoms with Crippen LogP contribution >= 0.6 is 0 Å². The number of benzene rings is 2. The Morgan fingerprint density at radius 2 is 1.67 bits per heavy atom. The smallest absolute Gasteiger partial charge is 0.291 e. The Kier molecular flexibility index (Phi) is 3.26. The van der Waals surface area contributed by atoms with E-state index in [9.17, 15) is 4.79 Å². The number of fused-ring (bicyclic) bond motifs is 1. The van der Waals surface area contributed by atoms with Gasteiger partial charge < -0.3 is 9.73 Å². The van der Waals surface area contributed by atoms with Gasteiger partial charge in [0.25, 0.3) is 5.91 Å². The van der Waals surface area contributed by atoms with Crippen LogP contribution in [0.2, 0.25) is 0 Å². The van der Waals surface area contributed by atoms with Gasteiger partial charge in [-0.3, -0.25) is 4.79 Å². The van der Waals surface area contributed by atoms with Crippen molar-refractivity contribution in [2.24, 2.45) is 0 Å². The number of furan rings is 1. The Morgan fingerprint density at radius 1 is 1.00 bits per heavy atom. The number of carbonyl (C=O) groups excluding carboxylic acids is 1. The van der Waals surface area contributed by atoms with Crippen LogP contribution in [0.5, 0.6) is 0 Å². The lowest BCUT2D eigenvalue weighted by Crippen LogP contribution is -2.11. The number of hydrogen-bond acceptors (Lipinski definition) is 2. The van der Waals surface area contributed by atoms with Gasteiger partial charge in [0.15, 0.2) is 5.76 Å². The third-order valence-electron chi connectivity index (χ3n) is 3.79. The van der Waals surface area contributed by atoms with Gasteiger partial charge in [-0.05, 0) is 56.2 Å². The molecule has 0 aliphatic carbocycles. The highest BCUT2D eigenvalue weighted by Gasteiger charge is 2.18. The molecule has 3 nitrogen and oxygen atoms in total. The van der Waals surface area contributed by atoms with Crippen LogP contribution in [-0.2, 0) is 0 Å². The Balaban J connectivity index is 2.00. The highest BCUT2D eigenvalue weighted by molar-refractivity contribution is 6.06. The molecule has 0 aliphatic rings. The number of rotatable bonds is 2. The number of para-hydroxylation sites is 1. The number of nitrogens with one attached hydrogen (secondary N) is 1. The summed E-state index contributed by atoms with van der Waals surface area (Å²) in [7, 11) is 0. The monoisotopic (exact) mass is 279 g/mol. The topological polar surface area (TPSA) is 42.2 Å². The number of carbonyl (C=O) groups is 1. The molecular formula is C18H17NO2. The van der Waals surface area contributed by atoms with E-state index in [-0.39, 0.29) is 5.91 Å². The lowest BCUT2D eigenvalue weighted by atomic mass is 10.1. The van der Waals surface area contributed by atoms with Crippen LogP contribution in [0, 0.1) is 20.8 Å². The SMILES string of the molecule is Cc1cc2oc(C(=O)Nc3ccccc3)c(C)c2cc1C. The summed E-state index contributed by atoms with van der Waals surface area (Å²) >= 11 is 0. The first kappa shape index (κ1) is 13.4. The highest BCUT2D eigenvalue weighted by Crippen LogP contribution is 2.28. The van der Waals surface area contributed by atoms with E-state index in [1.165, 1.54) is 5.56 Å². The molecule has 1 heterocycles. The molecule has 3 aromatic rings. The summed E-state index contributed by atoms with van der Waals surface area (Å²) in [6, 6.07) is 13.4. The first-order valence-corrected chi connectivity index (χ1v) is 6.93. The lowest BCUT2D eigenvalue weighted by Gasteiger charge is -2.02.